The van der Waals surface area contributed by atoms with E-state index in [0.717, 1.165) is 17.7 Å². The Bertz CT molecular complexity index is 672. The normalized spacial score (nSPS) is 10.7. The molecule has 1 aromatic carbocycles. The molecule has 0 fully saturated rings. The first-order valence-corrected chi connectivity index (χ1v) is 8.54. The summed E-state index contributed by atoms with van der Waals surface area (Å²) in [5.41, 5.74) is 1.90. The van der Waals surface area contributed by atoms with Crippen molar-refractivity contribution in [3.63, 3.8) is 0 Å². The van der Waals surface area contributed by atoms with Crippen LogP contribution in [0.5, 0.6) is 0 Å². The predicted molar refractivity (Wildman–Crippen MR) is 95.9 cm³/mol. The van der Waals surface area contributed by atoms with Gasteiger partial charge in [-0.1, -0.05) is 12.1 Å². The molecule has 0 atom stereocenters. The molecular formula is C19H26FN3O2. The second kappa shape index (κ2) is 9.84. The number of hydrogen-bond acceptors (Lipinski definition) is 2. The monoisotopic (exact) mass is 347 g/mol. The van der Waals surface area contributed by atoms with Crippen molar-refractivity contribution in [1.29, 1.82) is 0 Å². The zero-order valence-corrected chi connectivity index (χ0v) is 14.9. The SMILES string of the molecule is CCNC(=O)N(CCCOC)Cc1cccn1Cc1cccc(F)c1. The Labute approximate surface area is 148 Å². The summed E-state index contributed by atoms with van der Waals surface area (Å²) in [6, 6.07) is 10.4. The van der Waals surface area contributed by atoms with Gasteiger partial charge >= 0.3 is 6.03 Å². The van der Waals surface area contributed by atoms with E-state index in [4.69, 9.17) is 4.74 Å². The van der Waals surface area contributed by atoms with Gasteiger partial charge in [0.25, 0.3) is 0 Å². The number of rotatable bonds is 9. The van der Waals surface area contributed by atoms with Crippen LogP contribution in [0.15, 0.2) is 42.6 Å². The van der Waals surface area contributed by atoms with E-state index >= 15 is 0 Å². The van der Waals surface area contributed by atoms with E-state index in [1.165, 1.54) is 12.1 Å². The van der Waals surface area contributed by atoms with E-state index < -0.39 is 0 Å². The molecule has 25 heavy (non-hydrogen) atoms. The average Bonchev–Trinajstić information content (AvgIpc) is 3.01. The number of carbonyl (C=O) groups is 1. The number of aromatic nitrogens is 1. The predicted octanol–water partition coefficient (Wildman–Crippen LogP) is 3.24. The molecule has 0 radical (unpaired) electrons. The molecule has 1 aromatic heterocycles. The molecule has 2 rings (SSSR count). The van der Waals surface area contributed by atoms with Crippen molar-refractivity contribution in [2.75, 3.05) is 26.8 Å². The van der Waals surface area contributed by atoms with Gasteiger partial charge in [-0.2, -0.15) is 0 Å². The maximum atomic E-state index is 13.4. The van der Waals surface area contributed by atoms with Crippen molar-refractivity contribution in [2.24, 2.45) is 0 Å². The van der Waals surface area contributed by atoms with Gasteiger partial charge in [-0.3, -0.25) is 0 Å². The van der Waals surface area contributed by atoms with E-state index in [2.05, 4.69) is 5.32 Å². The summed E-state index contributed by atoms with van der Waals surface area (Å²) in [6.45, 7) is 4.78. The van der Waals surface area contributed by atoms with Gasteiger partial charge in [-0.05, 0) is 43.2 Å². The number of benzene rings is 1. The highest BCUT2D eigenvalue weighted by molar-refractivity contribution is 5.74. The zero-order valence-electron chi connectivity index (χ0n) is 14.9. The molecule has 0 spiro atoms. The fraction of sp³-hybridized carbons (Fsp3) is 0.421. The molecule has 0 aliphatic carbocycles. The van der Waals surface area contributed by atoms with Crippen molar-refractivity contribution in [3.05, 3.63) is 59.7 Å². The maximum Gasteiger partial charge on any atom is 0.317 e. The van der Waals surface area contributed by atoms with Crippen molar-refractivity contribution < 1.29 is 13.9 Å². The van der Waals surface area contributed by atoms with Gasteiger partial charge in [-0.25, -0.2) is 9.18 Å². The van der Waals surface area contributed by atoms with Crippen LogP contribution in [0, 0.1) is 5.82 Å². The lowest BCUT2D eigenvalue weighted by Gasteiger charge is -2.23. The number of amides is 2. The summed E-state index contributed by atoms with van der Waals surface area (Å²) in [6.07, 6.45) is 2.73. The lowest BCUT2D eigenvalue weighted by Crippen LogP contribution is -2.40. The van der Waals surface area contributed by atoms with Gasteiger partial charge in [-0.15, -0.1) is 0 Å². The minimum atomic E-state index is -0.241. The lowest BCUT2D eigenvalue weighted by atomic mass is 10.2. The van der Waals surface area contributed by atoms with Crippen molar-refractivity contribution in [1.82, 2.24) is 14.8 Å². The third-order valence-corrected chi connectivity index (χ3v) is 3.91. The molecule has 2 aromatic rings. The second-order valence-electron chi connectivity index (χ2n) is 5.86. The number of carbonyl (C=O) groups excluding carboxylic acids is 1. The first kappa shape index (κ1) is 19.0. The Kier molecular flexibility index (Phi) is 7.47. The van der Waals surface area contributed by atoms with E-state index in [-0.39, 0.29) is 11.8 Å². The van der Waals surface area contributed by atoms with Gasteiger partial charge in [0.2, 0.25) is 0 Å². The summed E-state index contributed by atoms with van der Waals surface area (Å²) in [4.78, 5) is 14.1. The number of nitrogens with zero attached hydrogens (tertiary/aromatic N) is 2. The third kappa shape index (κ3) is 5.90. The molecule has 1 heterocycles. The standard InChI is InChI=1S/C19H26FN3O2/c1-3-21-19(24)23(11-6-12-25-2)15-18-9-5-10-22(18)14-16-7-4-8-17(20)13-16/h4-5,7-10,13H,3,6,11-12,14-15H2,1-2H3,(H,21,24). The number of ether oxygens (including phenoxy) is 1. The van der Waals surface area contributed by atoms with Gasteiger partial charge < -0.3 is 19.5 Å². The second-order valence-corrected chi connectivity index (χ2v) is 5.86. The summed E-state index contributed by atoms with van der Waals surface area (Å²) < 4.78 is 20.5. The smallest absolute Gasteiger partial charge is 0.317 e. The van der Waals surface area contributed by atoms with E-state index in [0.29, 0.717) is 32.8 Å². The largest absolute Gasteiger partial charge is 0.385 e. The Morgan fingerprint density at radius 3 is 2.88 bits per heavy atom. The van der Waals surface area contributed by atoms with Gasteiger partial charge in [0.05, 0.1) is 6.54 Å². The molecular weight excluding hydrogens is 321 g/mol. The molecule has 0 unspecified atom stereocenters. The van der Waals surface area contributed by atoms with Gasteiger partial charge in [0.15, 0.2) is 0 Å². The third-order valence-electron chi connectivity index (χ3n) is 3.91. The molecule has 5 nitrogen and oxygen atoms in total. The number of methoxy groups -OCH3 is 1. The highest BCUT2D eigenvalue weighted by atomic mass is 19.1. The van der Waals surface area contributed by atoms with Crippen LogP contribution in [0.4, 0.5) is 9.18 Å². The summed E-state index contributed by atoms with van der Waals surface area (Å²) >= 11 is 0. The van der Waals surface area contributed by atoms with Gasteiger partial charge in [0.1, 0.15) is 5.82 Å². The molecule has 0 aliphatic heterocycles. The van der Waals surface area contributed by atoms with Crippen LogP contribution in [0.25, 0.3) is 0 Å². The van der Waals surface area contributed by atoms with Crippen molar-refractivity contribution in [3.8, 4) is 0 Å². The Morgan fingerprint density at radius 1 is 1.32 bits per heavy atom. The van der Waals surface area contributed by atoms with Crippen LogP contribution >= 0.6 is 0 Å². The Morgan fingerprint density at radius 2 is 2.16 bits per heavy atom. The minimum absolute atomic E-state index is 0.0860. The highest BCUT2D eigenvalue weighted by Gasteiger charge is 2.15. The summed E-state index contributed by atoms with van der Waals surface area (Å²) in [5, 5.41) is 2.85. The number of urea groups is 1. The number of nitrogens with one attached hydrogen (secondary N) is 1. The highest BCUT2D eigenvalue weighted by Crippen LogP contribution is 2.12. The molecule has 136 valence electrons. The molecule has 2 amide bonds. The summed E-state index contributed by atoms with van der Waals surface area (Å²) in [7, 11) is 1.65. The zero-order chi connectivity index (χ0) is 18.1. The first-order chi connectivity index (χ1) is 12.1. The molecule has 1 N–H and O–H groups in total. The number of hydrogen-bond donors (Lipinski definition) is 1. The van der Waals surface area contributed by atoms with Crippen molar-refractivity contribution in [2.45, 2.75) is 26.4 Å². The van der Waals surface area contributed by atoms with Crippen LogP contribution in [0.3, 0.4) is 0 Å². The molecule has 6 heteroatoms. The molecule has 0 bridgehead atoms. The first-order valence-electron chi connectivity index (χ1n) is 8.54. The van der Waals surface area contributed by atoms with E-state index in [1.54, 1.807) is 18.1 Å². The van der Waals surface area contributed by atoms with E-state index in [1.807, 2.05) is 35.9 Å². The fourth-order valence-corrected chi connectivity index (χ4v) is 2.69. The lowest BCUT2D eigenvalue weighted by molar-refractivity contribution is 0.165. The fourth-order valence-electron chi connectivity index (χ4n) is 2.69. The topological polar surface area (TPSA) is 46.5 Å². The Hall–Kier alpha value is -2.34. The van der Waals surface area contributed by atoms with Crippen LogP contribution in [-0.2, 0) is 17.8 Å². The number of halogens is 1. The molecule has 0 saturated carbocycles. The minimum Gasteiger partial charge on any atom is -0.385 e. The molecule has 0 aliphatic rings. The van der Waals surface area contributed by atoms with Crippen LogP contribution in [0.2, 0.25) is 0 Å². The average molecular weight is 347 g/mol. The Balaban J connectivity index is 2.08. The quantitative estimate of drug-likeness (QED) is 0.708. The van der Waals surface area contributed by atoms with Crippen LogP contribution in [-0.4, -0.2) is 42.3 Å². The molecule has 0 saturated heterocycles. The van der Waals surface area contributed by atoms with Crippen molar-refractivity contribution >= 4 is 6.03 Å². The van der Waals surface area contributed by atoms with Crippen LogP contribution in [0.1, 0.15) is 24.6 Å². The van der Waals surface area contributed by atoms with Gasteiger partial charge in [0, 0.05) is 45.2 Å². The van der Waals surface area contributed by atoms with E-state index in [9.17, 15) is 9.18 Å². The summed E-state index contributed by atoms with van der Waals surface area (Å²) in [5.74, 6) is -0.241. The maximum absolute atomic E-state index is 13.4. The van der Waals surface area contributed by atoms with Crippen LogP contribution < -0.4 is 5.32 Å².